The first-order chi connectivity index (χ1) is 14.1. The summed E-state index contributed by atoms with van der Waals surface area (Å²) in [5, 5.41) is 0. The van der Waals surface area contributed by atoms with Crippen LogP contribution < -0.4 is 0 Å². The highest BCUT2D eigenvalue weighted by molar-refractivity contribution is 5.28. The summed E-state index contributed by atoms with van der Waals surface area (Å²) in [6, 6.07) is 3.59. The van der Waals surface area contributed by atoms with Crippen molar-refractivity contribution in [2.75, 3.05) is 0 Å². The second kappa shape index (κ2) is 9.31. The lowest BCUT2D eigenvalue weighted by atomic mass is 9.60. The molecule has 3 aliphatic carbocycles. The van der Waals surface area contributed by atoms with Crippen molar-refractivity contribution in [3.63, 3.8) is 0 Å². The maximum Gasteiger partial charge on any atom is 0.162 e. The number of fused-ring (bicyclic) bond motifs is 1. The molecule has 0 radical (unpaired) electrons. The lowest BCUT2D eigenvalue weighted by Gasteiger charge is -2.45. The van der Waals surface area contributed by atoms with Crippen molar-refractivity contribution in [3.8, 4) is 0 Å². The van der Waals surface area contributed by atoms with Crippen LogP contribution in [0.15, 0.2) is 24.8 Å². The van der Waals surface area contributed by atoms with E-state index in [4.69, 9.17) is 0 Å². The van der Waals surface area contributed by atoms with Crippen molar-refractivity contribution in [1.82, 2.24) is 0 Å². The summed E-state index contributed by atoms with van der Waals surface area (Å²) in [4.78, 5) is 0. The van der Waals surface area contributed by atoms with Crippen LogP contribution in [0, 0.1) is 48.1 Å². The van der Waals surface area contributed by atoms with Crippen molar-refractivity contribution in [1.29, 1.82) is 0 Å². The maximum absolute atomic E-state index is 14.5. The van der Waals surface area contributed by atoms with Crippen LogP contribution in [0.4, 0.5) is 8.78 Å². The second-order valence-electron chi connectivity index (χ2n) is 10.3. The van der Waals surface area contributed by atoms with Gasteiger partial charge in [0.05, 0.1) is 0 Å². The van der Waals surface area contributed by atoms with Crippen molar-refractivity contribution >= 4 is 0 Å². The first-order valence-electron chi connectivity index (χ1n) is 12.1. The molecular weight excluding hydrogens is 362 g/mol. The van der Waals surface area contributed by atoms with E-state index in [0.29, 0.717) is 11.1 Å². The molecule has 0 heterocycles. The van der Waals surface area contributed by atoms with Gasteiger partial charge in [0.15, 0.2) is 11.6 Å². The molecule has 160 valence electrons. The Labute approximate surface area is 176 Å². The molecule has 0 nitrogen and oxygen atoms in total. The minimum atomic E-state index is -0.642. The highest BCUT2D eigenvalue weighted by Crippen LogP contribution is 2.51. The van der Waals surface area contributed by atoms with Gasteiger partial charge >= 0.3 is 0 Å². The van der Waals surface area contributed by atoms with Crippen molar-refractivity contribution in [2.45, 2.75) is 89.9 Å². The van der Waals surface area contributed by atoms with Gasteiger partial charge < -0.3 is 0 Å². The molecule has 0 amide bonds. The van der Waals surface area contributed by atoms with Crippen LogP contribution in [0.2, 0.25) is 0 Å². The zero-order valence-corrected chi connectivity index (χ0v) is 18.1. The van der Waals surface area contributed by atoms with Gasteiger partial charge in [-0.3, -0.25) is 0 Å². The average Bonchev–Trinajstić information content (AvgIpc) is 2.76. The fraction of sp³-hybridized carbons (Fsp3) is 0.704. The maximum atomic E-state index is 14.5. The number of benzene rings is 1. The molecule has 0 aromatic heterocycles. The molecule has 0 bridgehead atoms. The predicted molar refractivity (Wildman–Crippen MR) is 117 cm³/mol. The largest absolute Gasteiger partial charge is 0.203 e. The molecule has 2 heteroatoms. The average molecular weight is 401 g/mol. The van der Waals surface area contributed by atoms with Crippen LogP contribution in [-0.4, -0.2) is 0 Å². The van der Waals surface area contributed by atoms with Gasteiger partial charge in [-0.05, 0) is 118 Å². The molecular formula is C27H38F2. The van der Waals surface area contributed by atoms with Crippen LogP contribution in [0.5, 0.6) is 0 Å². The topological polar surface area (TPSA) is 0 Å². The molecule has 0 N–H and O–H groups in total. The molecule has 3 fully saturated rings. The third kappa shape index (κ3) is 4.62. The van der Waals surface area contributed by atoms with Crippen molar-refractivity contribution < 1.29 is 8.78 Å². The summed E-state index contributed by atoms with van der Waals surface area (Å²) < 4.78 is 28.6. The van der Waals surface area contributed by atoms with E-state index >= 15 is 0 Å². The standard InChI is InChI=1S/C27H38F2/c1-3-4-5-19-7-9-20(10-8-19)21-11-12-23-17-24(14-13-22(23)16-21)25-15-6-18(2)26(28)27(25)29/h3,6,15,19-24H,1,4-5,7-14,16-17H2,2H3. The number of hydrogen-bond donors (Lipinski definition) is 0. The minimum absolute atomic E-state index is 0.211. The zero-order valence-electron chi connectivity index (χ0n) is 18.1. The fourth-order valence-electron chi connectivity index (χ4n) is 6.91. The van der Waals surface area contributed by atoms with E-state index in [0.717, 1.165) is 42.4 Å². The van der Waals surface area contributed by atoms with E-state index in [1.807, 2.05) is 6.07 Å². The highest BCUT2D eigenvalue weighted by Gasteiger charge is 2.39. The quantitative estimate of drug-likeness (QED) is 0.436. The molecule has 0 saturated heterocycles. The Bertz CT molecular complexity index is 701. The van der Waals surface area contributed by atoms with Gasteiger partial charge in [-0.2, -0.15) is 0 Å². The molecule has 3 aliphatic rings. The van der Waals surface area contributed by atoms with Crippen molar-refractivity contribution in [3.05, 3.63) is 47.5 Å². The van der Waals surface area contributed by atoms with Gasteiger partial charge in [-0.25, -0.2) is 8.78 Å². The number of allylic oxidation sites excluding steroid dienone is 1. The third-order valence-corrected chi connectivity index (χ3v) is 8.74. The molecule has 4 rings (SSSR count). The lowest BCUT2D eigenvalue weighted by molar-refractivity contribution is 0.0708. The summed E-state index contributed by atoms with van der Waals surface area (Å²) in [6.07, 6.45) is 17.6. The molecule has 3 saturated carbocycles. The molecule has 4 atom stereocenters. The Morgan fingerprint density at radius 2 is 1.45 bits per heavy atom. The molecule has 0 spiro atoms. The van der Waals surface area contributed by atoms with Gasteiger partial charge in [0.25, 0.3) is 0 Å². The SMILES string of the molecule is C=CCCC1CCC(C2CCC3CC(c4ccc(C)c(F)c4F)CCC3C2)CC1. The first kappa shape index (κ1) is 21.1. The van der Waals surface area contributed by atoms with Gasteiger partial charge in [-0.1, -0.05) is 31.1 Å². The molecule has 29 heavy (non-hydrogen) atoms. The summed E-state index contributed by atoms with van der Waals surface area (Å²) >= 11 is 0. The molecule has 0 aliphatic heterocycles. The summed E-state index contributed by atoms with van der Waals surface area (Å²) in [7, 11) is 0. The van der Waals surface area contributed by atoms with E-state index < -0.39 is 11.6 Å². The summed E-state index contributed by atoms with van der Waals surface area (Å²) in [5.74, 6) is 3.31. The Balaban J connectivity index is 1.31. The van der Waals surface area contributed by atoms with Gasteiger partial charge in [0.1, 0.15) is 0 Å². The van der Waals surface area contributed by atoms with Gasteiger partial charge in [0.2, 0.25) is 0 Å². The number of hydrogen-bond acceptors (Lipinski definition) is 0. The van der Waals surface area contributed by atoms with Crippen LogP contribution >= 0.6 is 0 Å². The molecule has 1 aromatic carbocycles. The van der Waals surface area contributed by atoms with E-state index in [1.165, 1.54) is 64.2 Å². The van der Waals surface area contributed by atoms with Crippen LogP contribution in [-0.2, 0) is 0 Å². The van der Waals surface area contributed by atoms with E-state index in [2.05, 4.69) is 12.7 Å². The van der Waals surface area contributed by atoms with Crippen LogP contribution in [0.3, 0.4) is 0 Å². The summed E-state index contributed by atoms with van der Waals surface area (Å²) in [5.41, 5.74) is 1.05. The Kier molecular flexibility index (Phi) is 6.76. The lowest BCUT2D eigenvalue weighted by Crippen LogP contribution is -2.34. The second-order valence-corrected chi connectivity index (χ2v) is 10.3. The van der Waals surface area contributed by atoms with E-state index in [1.54, 1.807) is 13.0 Å². The van der Waals surface area contributed by atoms with Crippen molar-refractivity contribution in [2.24, 2.45) is 29.6 Å². The third-order valence-electron chi connectivity index (χ3n) is 8.74. The highest BCUT2D eigenvalue weighted by atomic mass is 19.2. The van der Waals surface area contributed by atoms with E-state index in [9.17, 15) is 8.78 Å². The number of aryl methyl sites for hydroxylation is 1. The van der Waals surface area contributed by atoms with Gasteiger partial charge in [-0.15, -0.1) is 6.58 Å². The fourth-order valence-corrected chi connectivity index (χ4v) is 6.91. The number of rotatable bonds is 5. The smallest absolute Gasteiger partial charge is 0.162 e. The normalized spacial score (nSPS) is 35.1. The first-order valence-corrected chi connectivity index (χ1v) is 12.1. The zero-order chi connectivity index (χ0) is 20.4. The Morgan fingerprint density at radius 1 is 0.828 bits per heavy atom. The minimum Gasteiger partial charge on any atom is -0.203 e. The van der Waals surface area contributed by atoms with Gasteiger partial charge in [0, 0.05) is 0 Å². The Hall–Kier alpha value is -1.18. The Morgan fingerprint density at radius 3 is 2.17 bits per heavy atom. The summed E-state index contributed by atoms with van der Waals surface area (Å²) in [6.45, 7) is 5.52. The van der Waals surface area contributed by atoms with Crippen LogP contribution in [0.1, 0.15) is 94.1 Å². The molecule has 4 unspecified atom stereocenters. The monoisotopic (exact) mass is 400 g/mol. The molecule has 1 aromatic rings. The van der Waals surface area contributed by atoms with E-state index in [-0.39, 0.29) is 5.92 Å². The predicted octanol–water partition coefficient (Wildman–Crippen LogP) is 8.35. The number of halogens is 2. The van der Waals surface area contributed by atoms with Crippen LogP contribution in [0.25, 0.3) is 0 Å².